The summed E-state index contributed by atoms with van der Waals surface area (Å²) in [5, 5.41) is 5.02. The van der Waals surface area contributed by atoms with E-state index in [0.29, 0.717) is 28.5 Å². The van der Waals surface area contributed by atoms with Gasteiger partial charge in [0.15, 0.2) is 11.5 Å². The van der Waals surface area contributed by atoms with E-state index in [1.54, 1.807) is 31.2 Å². The van der Waals surface area contributed by atoms with Crippen molar-refractivity contribution >= 4 is 28.8 Å². The molecule has 2 atom stereocenters. The van der Waals surface area contributed by atoms with Crippen LogP contribution in [0.15, 0.2) is 53.9 Å². The monoisotopic (exact) mass is 464 g/mol. The van der Waals surface area contributed by atoms with Gasteiger partial charge in [0, 0.05) is 23.2 Å². The van der Waals surface area contributed by atoms with Crippen LogP contribution < -0.4 is 14.8 Å². The van der Waals surface area contributed by atoms with Gasteiger partial charge in [0.1, 0.15) is 0 Å². The van der Waals surface area contributed by atoms with Gasteiger partial charge < -0.3 is 19.7 Å². The molecule has 6 nitrogen and oxygen atoms in total. The molecule has 0 saturated heterocycles. The van der Waals surface area contributed by atoms with Crippen LogP contribution in [0, 0.1) is 0 Å². The van der Waals surface area contributed by atoms with Crippen molar-refractivity contribution in [2.24, 2.45) is 0 Å². The molecule has 3 aromatic rings. The summed E-state index contributed by atoms with van der Waals surface area (Å²) in [6.45, 7) is 4.26. The zero-order valence-corrected chi connectivity index (χ0v) is 20.2. The van der Waals surface area contributed by atoms with E-state index in [1.165, 1.54) is 24.0 Å². The van der Waals surface area contributed by atoms with Crippen molar-refractivity contribution < 1.29 is 19.1 Å². The Kier molecular flexibility index (Phi) is 6.42. The number of nitrogens with zero attached hydrogens (tertiary/aromatic N) is 1. The first-order valence-corrected chi connectivity index (χ1v) is 11.7. The van der Waals surface area contributed by atoms with Crippen LogP contribution in [-0.4, -0.2) is 38.0 Å². The second-order valence-electron chi connectivity index (χ2n) is 8.41. The fraction of sp³-hybridized carbons (Fsp3) is 0.308. The molecule has 33 heavy (non-hydrogen) atoms. The zero-order chi connectivity index (χ0) is 23.7. The van der Waals surface area contributed by atoms with E-state index >= 15 is 0 Å². The number of likely N-dealkylation sites (N-methyl/N-ethyl adjacent to an activating group) is 1. The van der Waals surface area contributed by atoms with Crippen molar-refractivity contribution in [2.45, 2.75) is 31.7 Å². The van der Waals surface area contributed by atoms with Crippen molar-refractivity contribution in [1.82, 2.24) is 4.90 Å². The first kappa shape index (κ1) is 22.9. The van der Waals surface area contributed by atoms with E-state index in [-0.39, 0.29) is 11.8 Å². The molecule has 0 aliphatic carbocycles. The minimum absolute atomic E-state index is 0.158. The Morgan fingerprint density at radius 1 is 1.06 bits per heavy atom. The molecular formula is C26H28N2O4S. The van der Waals surface area contributed by atoms with E-state index < -0.39 is 12.0 Å². The van der Waals surface area contributed by atoms with E-state index in [0.717, 1.165) is 10.6 Å². The number of methoxy groups -OCH3 is 2. The van der Waals surface area contributed by atoms with Crippen molar-refractivity contribution in [3.8, 4) is 11.5 Å². The summed E-state index contributed by atoms with van der Waals surface area (Å²) in [4.78, 5) is 29.7. The molecule has 2 unspecified atom stereocenters. The molecule has 7 heteroatoms. The van der Waals surface area contributed by atoms with Gasteiger partial charge in [-0.3, -0.25) is 9.59 Å². The van der Waals surface area contributed by atoms with Gasteiger partial charge in [-0.05, 0) is 52.8 Å². The number of rotatable bonds is 6. The second kappa shape index (κ2) is 9.27. The second-order valence-corrected chi connectivity index (χ2v) is 9.39. The highest BCUT2D eigenvalue weighted by atomic mass is 32.1. The molecule has 1 aliphatic rings. The van der Waals surface area contributed by atoms with Crippen LogP contribution >= 0.6 is 11.3 Å². The van der Waals surface area contributed by atoms with Gasteiger partial charge in [-0.15, -0.1) is 11.3 Å². The topological polar surface area (TPSA) is 67.9 Å². The van der Waals surface area contributed by atoms with Crippen LogP contribution in [0.4, 0.5) is 5.69 Å². The largest absolute Gasteiger partial charge is 0.493 e. The molecule has 1 aliphatic heterocycles. The number of thiophene rings is 1. The molecule has 2 heterocycles. The van der Waals surface area contributed by atoms with Crippen molar-refractivity contribution in [3.05, 3.63) is 75.5 Å². The average molecular weight is 465 g/mol. The average Bonchev–Trinajstić information content (AvgIpc) is 3.35. The smallest absolute Gasteiger partial charge is 0.254 e. The highest BCUT2D eigenvalue weighted by Gasteiger charge is 2.44. The Morgan fingerprint density at radius 3 is 2.30 bits per heavy atom. The molecule has 1 N–H and O–H groups in total. The highest BCUT2D eigenvalue weighted by Crippen LogP contribution is 2.46. The van der Waals surface area contributed by atoms with Gasteiger partial charge in [-0.25, -0.2) is 0 Å². The number of fused-ring (bicyclic) bond motifs is 1. The Morgan fingerprint density at radius 2 is 1.73 bits per heavy atom. The lowest BCUT2D eigenvalue weighted by Crippen LogP contribution is -2.43. The number of carbonyl (C=O) groups excluding carboxylic acids is 2. The summed E-state index contributed by atoms with van der Waals surface area (Å²) < 4.78 is 10.9. The lowest BCUT2D eigenvalue weighted by Gasteiger charge is -2.39. The van der Waals surface area contributed by atoms with Gasteiger partial charge in [0.25, 0.3) is 5.91 Å². The molecule has 1 aromatic heterocycles. The molecule has 2 amide bonds. The minimum atomic E-state index is -0.620. The Labute approximate surface area is 198 Å². The molecule has 0 fully saturated rings. The van der Waals surface area contributed by atoms with Crippen LogP contribution in [0.2, 0.25) is 0 Å². The number of hydrogen-bond donors (Lipinski definition) is 1. The van der Waals surface area contributed by atoms with Gasteiger partial charge >= 0.3 is 0 Å². The standard InChI is InChI=1S/C26H28N2O4S/c1-15(2)16-8-10-17(11-9-16)27-25(29)23-18-13-20(31-4)21(32-5)14-19(18)26(30)28(3)24(23)22-7-6-12-33-22/h6-15,23-24H,1-5H3,(H,27,29). The summed E-state index contributed by atoms with van der Waals surface area (Å²) in [5.74, 6) is 0.387. The lowest BCUT2D eigenvalue weighted by molar-refractivity contribution is -0.119. The number of carbonyl (C=O) groups is 2. The maximum Gasteiger partial charge on any atom is 0.254 e. The molecule has 0 radical (unpaired) electrons. The molecule has 4 rings (SSSR count). The van der Waals surface area contributed by atoms with E-state index in [4.69, 9.17) is 9.47 Å². The molecule has 2 aromatic carbocycles. The van der Waals surface area contributed by atoms with Crippen LogP contribution in [0.1, 0.15) is 58.1 Å². The zero-order valence-electron chi connectivity index (χ0n) is 19.4. The van der Waals surface area contributed by atoms with Crippen molar-refractivity contribution in [3.63, 3.8) is 0 Å². The number of amides is 2. The van der Waals surface area contributed by atoms with E-state index in [2.05, 4.69) is 19.2 Å². The predicted octanol–water partition coefficient (Wildman–Crippen LogP) is 5.44. The highest BCUT2D eigenvalue weighted by molar-refractivity contribution is 7.10. The maximum atomic E-state index is 13.7. The third-order valence-electron chi connectivity index (χ3n) is 6.14. The van der Waals surface area contributed by atoms with Gasteiger partial charge in [0.05, 0.1) is 26.2 Å². The summed E-state index contributed by atoms with van der Waals surface area (Å²) in [7, 11) is 4.81. The summed E-state index contributed by atoms with van der Waals surface area (Å²) in [6, 6.07) is 14.8. The fourth-order valence-electron chi connectivity index (χ4n) is 4.32. The van der Waals surface area contributed by atoms with Gasteiger partial charge in [-0.2, -0.15) is 0 Å². The first-order chi connectivity index (χ1) is 15.8. The fourth-order valence-corrected chi connectivity index (χ4v) is 5.22. The van der Waals surface area contributed by atoms with Gasteiger partial charge in [-0.1, -0.05) is 32.0 Å². The van der Waals surface area contributed by atoms with Crippen molar-refractivity contribution in [1.29, 1.82) is 0 Å². The molecule has 0 spiro atoms. The number of benzene rings is 2. The predicted molar refractivity (Wildman–Crippen MR) is 131 cm³/mol. The van der Waals surface area contributed by atoms with E-state index in [9.17, 15) is 9.59 Å². The quantitative estimate of drug-likeness (QED) is 0.528. The number of ether oxygens (including phenoxy) is 2. The number of nitrogens with one attached hydrogen (secondary N) is 1. The van der Waals surface area contributed by atoms with Crippen LogP contribution in [0.25, 0.3) is 0 Å². The summed E-state index contributed by atoms with van der Waals surface area (Å²) >= 11 is 1.53. The lowest BCUT2D eigenvalue weighted by atomic mass is 9.81. The third kappa shape index (κ3) is 4.20. The van der Waals surface area contributed by atoms with Gasteiger partial charge in [0.2, 0.25) is 5.91 Å². The van der Waals surface area contributed by atoms with E-state index in [1.807, 2.05) is 41.8 Å². The van der Waals surface area contributed by atoms with Crippen LogP contribution in [0.5, 0.6) is 11.5 Å². The van der Waals surface area contributed by atoms with Crippen molar-refractivity contribution in [2.75, 3.05) is 26.6 Å². The number of anilines is 1. The maximum absolute atomic E-state index is 13.7. The minimum Gasteiger partial charge on any atom is -0.493 e. The molecule has 0 saturated carbocycles. The summed E-state index contributed by atoms with van der Waals surface area (Å²) in [6.07, 6.45) is 0. The van der Waals surface area contributed by atoms with Crippen LogP contribution in [-0.2, 0) is 4.79 Å². The molecule has 172 valence electrons. The SMILES string of the molecule is COc1cc2c(cc1OC)C(C(=O)Nc1ccc(C(C)C)cc1)C(c1cccs1)N(C)C2=O. The molecule has 0 bridgehead atoms. The molecular weight excluding hydrogens is 436 g/mol. The Balaban J connectivity index is 1.80. The third-order valence-corrected chi connectivity index (χ3v) is 7.08. The first-order valence-electron chi connectivity index (χ1n) is 10.8. The Hall–Kier alpha value is -3.32. The Bertz CT molecular complexity index is 1160. The normalized spacial score (nSPS) is 17.6. The van der Waals surface area contributed by atoms with Crippen LogP contribution in [0.3, 0.4) is 0 Å². The number of hydrogen-bond acceptors (Lipinski definition) is 5. The summed E-state index contributed by atoms with van der Waals surface area (Å²) in [5.41, 5.74) is 2.99.